The number of benzene rings is 2. The van der Waals surface area contributed by atoms with Crippen molar-refractivity contribution < 1.29 is 17.9 Å². The number of sulfonamides is 1. The average molecular weight is 418 g/mol. The first-order valence-corrected chi connectivity index (χ1v) is 11.4. The lowest BCUT2D eigenvalue weighted by Gasteiger charge is -2.29. The fraction of sp³-hybridized carbons (Fsp3) is 0.381. The average Bonchev–Trinajstić information content (AvgIpc) is 2.71. The van der Waals surface area contributed by atoms with Crippen molar-refractivity contribution in [2.75, 3.05) is 48.3 Å². The largest absolute Gasteiger partial charge is 0.378 e. The van der Waals surface area contributed by atoms with Crippen LogP contribution in [0.5, 0.6) is 0 Å². The zero-order valence-electron chi connectivity index (χ0n) is 16.8. The Balaban J connectivity index is 1.60. The van der Waals surface area contributed by atoms with Gasteiger partial charge in [-0.2, -0.15) is 0 Å². The van der Waals surface area contributed by atoms with Gasteiger partial charge in [-0.1, -0.05) is 30.3 Å². The van der Waals surface area contributed by atoms with Crippen LogP contribution in [0.1, 0.15) is 11.1 Å². The molecule has 0 bridgehead atoms. The minimum atomic E-state index is -3.58. The van der Waals surface area contributed by atoms with Gasteiger partial charge in [-0.3, -0.25) is 9.10 Å². The number of hydrogen-bond donors (Lipinski definition) is 1. The fourth-order valence-corrected chi connectivity index (χ4v) is 4.17. The molecule has 156 valence electrons. The number of para-hydroxylation sites is 1. The van der Waals surface area contributed by atoms with Crippen LogP contribution >= 0.6 is 0 Å². The van der Waals surface area contributed by atoms with E-state index in [2.05, 4.69) is 10.2 Å². The van der Waals surface area contributed by atoms with E-state index in [9.17, 15) is 13.2 Å². The SMILES string of the molecule is Cc1ccccc1N(CC(=O)NCc1ccc(N2CCOCC2)cc1)S(C)(=O)=O. The summed E-state index contributed by atoms with van der Waals surface area (Å²) in [4.78, 5) is 14.7. The molecule has 1 aliphatic heterocycles. The standard InChI is InChI=1S/C21H27N3O4S/c1-17-5-3-4-6-20(17)24(29(2,26)27)16-21(25)22-15-18-7-9-19(10-8-18)23-11-13-28-14-12-23/h3-10H,11-16H2,1-2H3,(H,22,25). The number of ether oxygens (including phenoxy) is 1. The lowest BCUT2D eigenvalue weighted by molar-refractivity contribution is -0.119. The minimum absolute atomic E-state index is 0.254. The van der Waals surface area contributed by atoms with Crippen molar-refractivity contribution in [3.63, 3.8) is 0 Å². The summed E-state index contributed by atoms with van der Waals surface area (Å²) in [6.07, 6.45) is 1.11. The van der Waals surface area contributed by atoms with Crippen molar-refractivity contribution in [3.8, 4) is 0 Å². The maximum Gasteiger partial charge on any atom is 0.241 e. The lowest BCUT2D eigenvalue weighted by Crippen LogP contribution is -2.40. The molecule has 7 nitrogen and oxygen atoms in total. The van der Waals surface area contributed by atoms with E-state index in [4.69, 9.17) is 4.74 Å². The molecule has 2 aromatic rings. The molecule has 0 spiro atoms. The number of rotatable bonds is 7. The van der Waals surface area contributed by atoms with Gasteiger partial charge in [-0.15, -0.1) is 0 Å². The molecule has 29 heavy (non-hydrogen) atoms. The summed E-state index contributed by atoms with van der Waals surface area (Å²) in [6.45, 7) is 5.11. The Labute approximate surface area is 172 Å². The highest BCUT2D eigenvalue weighted by molar-refractivity contribution is 7.92. The molecule has 0 aromatic heterocycles. The molecule has 0 atom stereocenters. The Morgan fingerprint density at radius 1 is 1.10 bits per heavy atom. The van der Waals surface area contributed by atoms with Crippen molar-refractivity contribution >= 4 is 27.3 Å². The Morgan fingerprint density at radius 2 is 1.76 bits per heavy atom. The van der Waals surface area contributed by atoms with Gasteiger partial charge in [0, 0.05) is 25.3 Å². The number of morpholine rings is 1. The van der Waals surface area contributed by atoms with E-state index < -0.39 is 10.0 Å². The van der Waals surface area contributed by atoms with Crippen molar-refractivity contribution in [2.24, 2.45) is 0 Å². The van der Waals surface area contributed by atoms with Crippen molar-refractivity contribution in [2.45, 2.75) is 13.5 Å². The van der Waals surface area contributed by atoms with Gasteiger partial charge in [0.05, 0.1) is 25.2 Å². The first-order chi connectivity index (χ1) is 13.8. The number of anilines is 2. The first kappa shape index (κ1) is 21.1. The molecule has 0 saturated carbocycles. The summed E-state index contributed by atoms with van der Waals surface area (Å²) in [7, 11) is -3.58. The summed E-state index contributed by atoms with van der Waals surface area (Å²) >= 11 is 0. The zero-order valence-corrected chi connectivity index (χ0v) is 17.6. The molecule has 1 saturated heterocycles. The van der Waals surface area contributed by atoms with Crippen LogP contribution in [0.15, 0.2) is 48.5 Å². The summed E-state index contributed by atoms with van der Waals surface area (Å²) in [5, 5.41) is 2.81. The molecule has 1 amide bonds. The topological polar surface area (TPSA) is 79.0 Å². The van der Waals surface area contributed by atoms with Gasteiger partial charge in [0.15, 0.2) is 0 Å². The highest BCUT2D eigenvalue weighted by atomic mass is 32.2. The lowest BCUT2D eigenvalue weighted by atomic mass is 10.2. The van der Waals surface area contributed by atoms with Gasteiger partial charge in [0.2, 0.25) is 15.9 Å². The van der Waals surface area contributed by atoms with Crippen LogP contribution in [0.4, 0.5) is 11.4 Å². The Hall–Kier alpha value is -2.58. The third-order valence-corrected chi connectivity index (χ3v) is 6.00. The van der Waals surface area contributed by atoms with Gasteiger partial charge in [-0.05, 0) is 36.2 Å². The monoisotopic (exact) mass is 417 g/mol. The molecule has 0 aliphatic carbocycles. The quantitative estimate of drug-likeness (QED) is 0.745. The van der Waals surface area contributed by atoms with Crippen LogP contribution in [0.3, 0.4) is 0 Å². The fourth-order valence-electron chi connectivity index (χ4n) is 3.26. The maximum absolute atomic E-state index is 12.4. The Morgan fingerprint density at radius 3 is 2.38 bits per heavy atom. The maximum atomic E-state index is 12.4. The predicted octanol–water partition coefficient (Wildman–Crippen LogP) is 1.91. The highest BCUT2D eigenvalue weighted by Gasteiger charge is 2.22. The van der Waals surface area contributed by atoms with E-state index in [0.29, 0.717) is 12.2 Å². The molecular weight excluding hydrogens is 390 g/mol. The highest BCUT2D eigenvalue weighted by Crippen LogP contribution is 2.21. The van der Waals surface area contributed by atoms with Crippen LogP contribution in [0.2, 0.25) is 0 Å². The van der Waals surface area contributed by atoms with Gasteiger partial charge in [0.25, 0.3) is 0 Å². The molecule has 0 radical (unpaired) electrons. The molecular formula is C21H27N3O4S. The van der Waals surface area contributed by atoms with Crippen LogP contribution in [0, 0.1) is 6.92 Å². The second-order valence-electron chi connectivity index (χ2n) is 7.10. The van der Waals surface area contributed by atoms with Gasteiger partial charge in [-0.25, -0.2) is 8.42 Å². The van der Waals surface area contributed by atoms with Crippen molar-refractivity contribution in [1.82, 2.24) is 5.32 Å². The number of nitrogens with one attached hydrogen (secondary N) is 1. The summed E-state index contributed by atoms with van der Waals surface area (Å²) < 4.78 is 30.9. The van der Waals surface area contributed by atoms with E-state index in [-0.39, 0.29) is 12.5 Å². The van der Waals surface area contributed by atoms with Crippen molar-refractivity contribution in [3.05, 3.63) is 59.7 Å². The van der Waals surface area contributed by atoms with Crippen molar-refractivity contribution in [1.29, 1.82) is 0 Å². The minimum Gasteiger partial charge on any atom is -0.378 e. The first-order valence-electron chi connectivity index (χ1n) is 9.56. The third kappa shape index (κ3) is 5.71. The third-order valence-electron chi connectivity index (χ3n) is 4.87. The second kappa shape index (κ2) is 9.28. The molecule has 1 aliphatic rings. The number of aryl methyl sites for hydroxylation is 1. The Bertz CT molecular complexity index is 939. The molecule has 1 N–H and O–H groups in total. The van der Waals surface area contributed by atoms with Gasteiger partial charge < -0.3 is 15.0 Å². The molecule has 1 fully saturated rings. The van der Waals surface area contributed by atoms with Crippen LogP contribution in [-0.4, -0.2) is 53.4 Å². The van der Waals surface area contributed by atoms with E-state index in [1.165, 1.54) is 0 Å². The molecule has 0 unspecified atom stereocenters. The summed E-state index contributed by atoms with van der Waals surface area (Å²) in [6, 6.07) is 15.1. The summed E-state index contributed by atoms with van der Waals surface area (Å²) in [5.74, 6) is -0.351. The number of amides is 1. The van der Waals surface area contributed by atoms with E-state index in [0.717, 1.165) is 53.7 Å². The Kier molecular flexibility index (Phi) is 6.76. The summed E-state index contributed by atoms with van der Waals surface area (Å²) in [5.41, 5.74) is 3.40. The van der Waals surface area contributed by atoms with E-state index in [1.54, 1.807) is 12.1 Å². The predicted molar refractivity (Wildman–Crippen MR) is 115 cm³/mol. The number of carbonyl (C=O) groups excluding carboxylic acids is 1. The van der Waals surface area contributed by atoms with Crippen LogP contribution in [0.25, 0.3) is 0 Å². The van der Waals surface area contributed by atoms with Gasteiger partial charge >= 0.3 is 0 Å². The molecule has 1 heterocycles. The smallest absolute Gasteiger partial charge is 0.241 e. The van der Waals surface area contributed by atoms with Gasteiger partial charge in [0.1, 0.15) is 6.54 Å². The normalized spacial score (nSPS) is 14.5. The van der Waals surface area contributed by atoms with E-state index >= 15 is 0 Å². The number of carbonyl (C=O) groups is 1. The number of nitrogens with zero attached hydrogens (tertiary/aromatic N) is 2. The molecule has 2 aromatic carbocycles. The molecule has 3 rings (SSSR count). The zero-order chi connectivity index (χ0) is 20.9. The van der Waals surface area contributed by atoms with Crippen LogP contribution in [-0.2, 0) is 26.1 Å². The molecule has 8 heteroatoms. The second-order valence-corrected chi connectivity index (χ2v) is 9.01. The number of hydrogen-bond acceptors (Lipinski definition) is 5. The van der Waals surface area contributed by atoms with Crippen LogP contribution < -0.4 is 14.5 Å². The van der Waals surface area contributed by atoms with E-state index in [1.807, 2.05) is 43.3 Å².